The summed E-state index contributed by atoms with van der Waals surface area (Å²) in [6.45, 7) is 2.96. The van der Waals surface area contributed by atoms with Gasteiger partial charge in [0.05, 0.1) is 12.2 Å². The summed E-state index contributed by atoms with van der Waals surface area (Å²) in [4.78, 5) is 33.8. The molecular weight excluding hydrogens is 335 g/mol. The summed E-state index contributed by atoms with van der Waals surface area (Å²) in [6.07, 6.45) is 3.42. The number of imidazole rings is 1. The highest BCUT2D eigenvalue weighted by Gasteiger charge is 2.25. The van der Waals surface area contributed by atoms with Gasteiger partial charge in [0.1, 0.15) is 11.5 Å². The molecule has 0 atom stereocenters. The number of aromatic nitrogens is 3. The maximum Gasteiger partial charge on any atom is 0.331 e. The van der Waals surface area contributed by atoms with Crippen molar-refractivity contribution in [1.82, 2.24) is 19.3 Å². The second-order valence-corrected chi connectivity index (χ2v) is 6.50. The number of H-pyrrole nitrogens is 1. The number of nitrogens with one attached hydrogen (secondary N) is 1. The Morgan fingerprint density at radius 1 is 1.35 bits per heavy atom. The van der Waals surface area contributed by atoms with Gasteiger partial charge in [-0.15, -0.1) is 0 Å². The van der Waals surface area contributed by atoms with Crippen LogP contribution in [0.2, 0.25) is 0 Å². The molecule has 7 heteroatoms. The van der Waals surface area contributed by atoms with Gasteiger partial charge in [-0.25, -0.2) is 14.2 Å². The van der Waals surface area contributed by atoms with E-state index in [1.807, 2.05) is 6.92 Å². The SMILES string of the molecule is CCCC(=O)N1CCc2[nH]c(=O)n3cc(-c4ccccc4F)nc3c2C1. The number of nitrogens with zero attached hydrogens (tertiary/aromatic N) is 3. The lowest BCUT2D eigenvalue weighted by Crippen LogP contribution is -2.38. The van der Waals surface area contributed by atoms with Gasteiger partial charge < -0.3 is 9.88 Å². The molecule has 0 radical (unpaired) electrons. The fraction of sp³-hybridized carbons (Fsp3) is 0.316. The number of rotatable bonds is 3. The van der Waals surface area contributed by atoms with E-state index in [0.717, 1.165) is 17.7 Å². The molecule has 1 amide bonds. The summed E-state index contributed by atoms with van der Waals surface area (Å²) in [6, 6.07) is 6.34. The lowest BCUT2D eigenvalue weighted by Gasteiger charge is -2.28. The number of aromatic amines is 1. The molecular formula is C19H19FN4O2. The van der Waals surface area contributed by atoms with E-state index in [0.29, 0.717) is 42.8 Å². The van der Waals surface area contributed by atoms with E-state index in [1.165, 1.54) is 10.5 Å². The maximum atomic E-state index is 14.1. The molecule has 2 aromatic heterocycles. The molecule has 26 heavy (non-hydrogen) atoms. The van der Waals surface area contributed by atoms with E-state index in [1.54, 1.807) is 29.3 Å². The van der Waals surface area contributed by atoms with Gasteiger partial charge in [0.25, 0.3) is 0 Å². The van der Waals surface area contributed by atoms with Crippen molar-refractivity contribution in [1.29, 1.82) is 0 Å². The Balaban J connectivity index is 1.83. The van der Waals surface area contributed by atoms with Crippen molar-refractivity contribution in [2.24, 2.45) is 0 Å². The Hall–Kier alpha value is -2.96. The molecule has 1 aliphatic rings. The van der Waals surface area contributed by atoms with Gasteiger partial charge in [-0.2, -0.15) is 0 Å². The van der Waals surface area contributed by atoms with Crippen LogP contribution in [-0.4, -0.2) is 31.7 Å². The monoisotopic (exact) mass is 354 g/mol. The van der Waals surface area contributed by atoms with Crippen molar-refractivity contribution in [3.8, 4) is 11.3 Å². The quantitative estimate of drug-likeness (QED) is 0.786. The molecule has 0 saturated carbocycles. The highest BCUT2D eigenvalue weighted by atomic mass is 19.1. The number of hydrogen-bond acceptors (Lipinski definition) is 3. The van der Waals surface area contributed by atoms with Crippen LogP contribution in [0, 0.1) is 5.82 Å². The van der Waals surface area contributed by atoms with Crippen LogP contribution >= 0.6 is 0 Å². The van der Waals surface area contributed by atoms with Crippen LogP contribution in [0.4, 0.5) is 4.39 Å². The first-order valence-electron chi connectivity index (χ1n) is 8.74. The van der Waals surface area contributed by atoms with Crippen LogP contribution < -0.4 is 5.69 Å². The first kappa shape index (κ1) is 16.5. The molecule has 0 saturated heterocycles. The van der Waals surface area contributed by atoms with Crippen molar-refractivity contribution in [3.05, 3.63) is 58.0 Å². The Bertz CT molecular complexity index is 1050. The third kappa shape index (κ3) is 2.69. The average molecular weight is 354 g/mol. The molecule has 3 aromatic rings. The summed E-state index contributed by atoms with van der Waals surface area (Å²) in [5.41, 5.74) is 2.55. The van der Waals surface area contributed by atoms with Crippen molar-refractivity contribution in [2.75, 3.05) is 6.54 Å². The molecule has 1 aromatic carbocycles. The summed E-state index contributed by atoms with van der Waals surface area (Å²) in [7, 11) is 0. The van der Waals surface area contributed by atoms with E-state index >= 15 is 0 Å². The largest absolute Gasteiger partial charge is 0.338 e. The Morgan fingerprint density at radius 2 is 2.15 bits per heavy atom. The van der Waals surface area contributed by atoms with E-state index in [2.05, 4.69) is 9.97 Å². The van der Waals surface area contributed by atoms with Crippen molar-refractivity contribution >= 4 is 11.6 Å². The summed E-state index contributed by atoms with van der Waals surface area (Å²) in [5, 5.41) is 0. The number of benzene rings is 1. The molecule has 1 N–H and O–H groups in total. The lowest BCUT2D eigenvalue weighted by atomic mass is 10.1. The minimum atomic E-state index is -0.388. The summed E-state index contributed by atoms with van der Waals surface area (Å²) < 4.78 is 15.5. The molecule has 134 valence electrons. The van der Waals surface area contributed by atoms with E-state index in [-0.39, 0.29) is 17.4 Å². The smallest absolute Gasteiger partial charge is 0.331 e. The predicted molar refractivity (Wildman–Crippen MR) is 95.2 cm³/mol. The second-order valence-electron chi connectivity index (χ2n) is 6.50. The van der Waals surface area contributed by atoms with Crippen LogP contribution in [0.25, 0.3) is 16.9 Å². The molecule has 0 unspecified atom stereocenters. The molecule has 0 fully saturated rings. The third-order valence-electron chi connectivity index (χ3n) is 4.76. The first-order valence-corrected chi connectivity index (χ1v) is 8.74. The Kier molecular flexibility index (Phi) is 4.06. The number of amides is 1. The molecule has 3 heterocycles. The molecule has 4 rings (SSSR count). The van der Waals surface area contributed by atoms with Gasteiger partial charge in [0, 0.05) is 42.4 Å². The Morgan fingerprint density at radius 3 is 2.92 bits per heavy atom. The minimum absolute atomic E-state index is 0.100. The lowest BCUT2D eigenvalue weighted by molar-refractivity contribution is -0.132. The van der Waals surface area contributed by atoms with Gasteiger partial charge in [-0.05, 0) is 18.6 Å². The topological polar surface area (TPSA) is 70.5 Å². The number of halogens is 1. The molecule has 0 aliphatic carbocycles. The zero-order valence-electron chi connectivity index (χ0n) is 14.5. The van der Waals surface area contributed by atoms with E-state index in [9.17, 15) is 14.0 Å². The van der Waals surface area contributed by atoms with Crippen molar-refractivity contribution < 1.29 is 9.18 Å². The maximum absolute atomic E-state index is 14.1. The minimum Gasteiger partial charge on any atom is -0.338 e. The third-order valence-corrected chi connectivity index (χ3v) is 4.76. The second kappa shape index (κ2) is 6.40. The number of carbonyl (C=O) groups is 1. The summed E-state index contributed by atoms with van der Waals surface area (Å²) in [5.74, 6) is -0.288. The highest BCUT2D eigenvalue weighted by Crippen LogP contribution is 2.26. The molecule has 1 aliphatic heterocycles. The van der Waals surface area contributed by atoms with Crippen LogP contribution in [0.1, 0.15) is 31.0 Å². The van der Waals surface area contributed by atoms with Crippen LogP contribution in [0.3, 0.4) is 0 Å². The number of carbonyl (C=O) groups excluding carboxylic acids is 1. The van der Waals surface area contributed by atoms with E-state index in [4.69, 9.17) is 0 Å². The predicted octanol–water partition coefficient (Wildman–Crippen LogP) is 2.51. The van der Waals surface area contributed by atoms with Crippen LogP contribution in [-0.2, 0) is 17.8 Å². The number of fused-ring (bicyclic) bond motifs is 3. The normalized spacial score (nSPS) is 13.8. The van der Waals surface area contributed by atoms with Gasteiger partial charge >= 0.3 is 5.69 Å². The average Bonchev–Trinajstić information content (AvgIpc) is 3.08. The fourth-order valence-electron chi connectivity index (χ4n) is 3.43. The Labute approximate surface area is 149 Å². The molecule has 0 bridgehead atoms. The van der Waals surface area contributed by atoms with Crippen molar-refractivity contribution in [2.45, 2.75) is 32.7 Å². The molecule has 6 nitrogen and oxygen atoms in total. The van der Waals surface area contributed by atoms with Crippen molar-refractivity contribution in [3.63, 3.8) is 0 Å². The van der Waals surface area contributed by atoms with Crippen LogP contribution in [0.15, 0.2) is 35.3 Å². The van der Waals surface area contributed by atoms with Gasteiger partial charge in [0.2, 0.25) is 5.91 Å². The van der Waals surface area contributed by atoms with Gasteiger partial charge in [-0.1, -0.05) is 19.1 Å². The zero-order valence-corrected chi connectivity index (χ0v) is 14.5. The first-order chi connectivity index (χ1) is 12.6. The van der Waals surface area contributed by atoms with Gasteiger partial charge in [-0.3, -0.25) is 9.20 Å². The van der Waals surface area contributed by atoms with Crippen LogP contribution in [0.5, 0.6) is 0 Å². The van der Waals surface area contributed by atoms with E-state index < -0.39 is 0 Å². The number of hydrogen-bond donors (Lipinski definition) is 1. The molecule has 0 spiro atoms. The fourth-order valence-corrected chi connectivity index (χ4v) is 3.43. The summed E-state index contributed by atoms with van der Waals surface area (Å²) >= 11 is 0. The highest BCUT2D eigenvalue weighted by molar-refractivity contribution is 5.77. The van der Waals surface area contributed by atoms with Gasteiger partial charge in [0.15, 0.2) is 0 Å². The standard InChI is InChI=1S/C19H19FN4O2/c1-2-5-17(25)23-9-8-15-13(10-23)18-21-16(11-24(18)19(26)22-15)12-6-3-4-7-14(12)20/h3-4,6-7,11H,2,5,8-10H2,1H3,(H,22,26). The zero-order chi connectivity index (χ0) is 18.3.